The Bertz CT molecular complexity index is 552. The summed E-state index contributed by atoms with van der Waals surface area (Å²) in [5.41, 5.74) is 0.217. The summed E-state index contributed by atoms with van der Waals surface area (Å²) in [7, 11) is 1.90. The summed E-state index contributed by atoms with van der Waals surface area (Å²) in [6.07, 6.45) is 4.77. The highest BCUT2D eigenvalue weighted by Gasteiger charge is 2.05. The molecular weight excluding hydrogens is 235 g/mol. The molecule has 0 aliphatic carbocycles. The van der Waals surface area contributed by atoms with E-state index in [4.69, 9.17) is 4.74 Å². The van der Waals surface area contributed by atoms with Crippen LogP contribution in [0.2, 0.25) is 0 Å². The van der Waals surface area contributed by atoms with Crippen LogP contribution in [0.3, 0.4) is 0 Å². The summed E-state index contributed by atoms with van der Waals surface area (Å²) < 4.78 is 20.3. The van der Waals surface area contributed by atoms with Gasteiger partial charge in [-0.1, -0.05) is 0 Å². The van der Waals surface area contributed by atoms with E-state index in [2.05, 4.69) is 4.98 Å². The van der Waals surface area contributed by atoms with Crippen molar-refractivity contribution in [1.82, 2.24) is 9.55 Å². The van der Waals surface area contributed by atoms with Crippen molar-refractivity contribution < 1.29 is 13.9 Å². The standard InChI is InChI=1S/C13H13FN2O2/c1-16-6-5-15-13(16)4-7-18-12-3-2-11(14)8-10(12)9-17/h2-3,5-6,8-9H,4,7H2,1H3. The zero-order chi connectivity index (χ0) is 13.0. The van der Waals surface area contributed by atoms with Crippen LogP contribution in [0, 0.1) is 5.82 Å². The number of hydrogen-bond donors (Lipinski definition) is 0. The van der Waals surface area contributed by atoms with Gasteiger partial charge in [0.1, 0.15) is 17.4 Å². The van der Waals surface area contributed by atoms with E-state index in [1.165, 1.54) is 12.1 Å². The molecular formula is C13H13FN2O2. The van der Waals surface area contributed by atoms with Gasteiger partial charge in [0.2, 0.25) is 0 Å². The predicted octanol–water partition coefficient (Wildman–Crippen LogP) is 1.99. The Morgan fingerprint density at radius 3 is 3.00 bits per heavy atom. The largest absolute Gasteiger partial charge is 0.492 e. The van der Waals surface area contributed by atoms with Crippen molar-refractivity contribution in [3.8, 4) is 5.75 Å². The summed E-state index contributed by atoms with van der Waals surface area (Å²) >= 11 is 0. The molecule has 0 bridgehead atoms. The number of carbonyl (C=O) groups is 1. The van der Waals surface area contributed by atoms with Crippen molar-refractivity contribution in [2.75, 3.05) is 6.61 Å². The molecule has 1 aromatic heterocycles. The number of hydrogen-bond acceptors (Lipinski definition) is 3. The SMILES string of the molecule is Cn1ccnc1CCOc1ccc(F)cc1C=O. The van der Waals surface area contributed by atoms with E-state index in [1.54, 1.807) is 6.20 Å². The van der Waals surface area contributed by atoms with E-state index in [0.717, 1.165) is 11.9 Å². The van der Waals surface area contributed by atoms with Crippen LogP contribution >= 0.6 is 0 Å². The lowest BCUT2D eigenvalue weighted by molar-refractivity contribution is 0.111. The topological polar surface area (TPSA) is 44.1 Å². The minimum atomic E-state index is -0.450. The Morgan fingerprint density at radius 2 is 2.33 bits per heavy atom. The number of halogens is 1. The number of benzene rings is 1. The van der Waals surface area contributed by atoms with Crippen LogP contribution in [-0.4, -0.2) is 22.4 Å². The maximum absolute atomic E-state index is 12.9. The molecule has 0 spiro atoms. The van der Waals surface area contributed by atoms with Crippen molar-refractivity contribution in [2.45, 2.75) is 6.42 Å². The van der Waals surface area contributed by atoms with E-state index < -0.39 is 5.82 Å². The fraction of sp³-hybridized carbons (Fsp3) is 0.231. The number of aromatic nitrogens is 2. The maximum atomic E-state index is 12.9. The molecule has 0 saturated carbocycles. The number of aldehydes is 1. The molecule has 1 aromatic carbocycles. The van der Waals surface area contributed by atoms with Crippen molar-refractivity contribution >= 4 is 6.29 Å². The molecule has 0 atom stereocenters. The van der Waals surface area contributed by atoms with E-state index >= 15 is 0 Å². The van der Waals surface area contributed by atoms with Crippen LogP contribution in [0.5, 0.6) is 5.75 Å². The van der Waals surface area contributed by atoms with Crippen molar-refractivity contribution in [1.29, 1.82) is 0 Å². The van der Waals surface area contributed by atoms with Crippen molar-refractivity contribution in [3.63, 3.8) is 0 Å². The molecule has 0 aliphatic heterocycles. The smallest absolute Gasteiger partial charge is 0.153 e. The lowest BCUT2D eigenvalue weighted by Gasteiger charge is -2.08. The molecule has 0 amide bonds. The Labute approximate surface area is 104 Å². The van der Waals surface area contributed by atoms with Gasteiger partial charge in [0.15, 0.2) is 6.29 Å². The average molecular weight is 248 g/mol. The average Bonchev–Trinajstić information content (AvgIpc) is 2.77. The molecule has 1 heterocycles. The van der Waals surface area contributed by atoms with Crippen LogP contribution in [0.25, 0.3) is 0 Å². The normalized spacial score (nSPS) is 10.3. The second-order valence-electron chi connectivity index (χ2n) is 3.85. The third-order valence-electron chi connectivity index (χ3n) is 2.60. The Morgan fingerprint density at radius 1 is 1.50 bits per heavy atom. The summed E-state index contributed by atoms with van der Waals surface area (Å²) in [5, 5.41) is 0. The second kappa shape index (κ2) is 5.44. The zero-order valence-corrected chi connectivity index (χ0v) is 9.97. The zero-order valence-electron chi connectivity index (χ0n) is 9.97. The minimum Gasteiger partial charge on any atom is -0.492 e. The van der Waals surface area contributed by atoms with Crippen LogP contribution in [0.4, 0.5) is 4.39 Å². The molecule has 5 heteroatoms. The second-order valence-corrected chi connectivity index (χ2v) is 3.85. The highest BCUT2D eigenvalue weighted by atomic mass is 19.1. The number of ether oxygens (including phenoxy) is 1. The van der Waals surface area contributed by atoms with Crippen LogP contribution in [0.1, 0.15) is 16.2 Å². The van der Waals surface area contributed by atoms with Crippen molar-refractivity contribution in [2.24, 2.45) is 7.05 Å². The van der Waals surface area contributed by atoms with Gasteiger partial charge in [-0.25, -0.2) is 9.37 Å². The number of carbonyl (C=O) groups excluding carboxylic acids is 1. The lowest BCUT2D eigenvalue weighted by atomic mass is 10.2. The monoisotopic (exact) mass is 248 g/mol. The molecule has 0 aliphatic rings. The first-order chi connectivity index (χ1) is 8.70. The van der Waals surface area contributed by atoms with Crippen LogP contribution in [-0.2, 0) is 13.5 Å². The molecule has 0 unspecified atom stereocenters. The predicted molar refractivity (Wildman–Crippen MR) is 64.2 cm³/mol. The molecule has 94 valence electrons. The first-order valence-electron chi connectivity index (χ1n) is 5.54. The van der Waals surface area contributed by atoms with Gasteiger partial charge < -0.3 is 9.30 Å². The van der Waals surface area contributed by atoms with Gasteiger partial charge in [-0.05, 0) is 18.2 Å². The van der Waals surface area contributed by atoms with E-state index in [-0.39, 0.29) is 5.56 Å². The van der Waals surface area contributed by atoms with Gasteiger partial charge in [0.25, 0.3) is 0 Å². The van der Waals surface area contributed by atoms with Gasteiger partial charge in [0.05, 0.1) is 12.2 Å². The Hall–Kier alpha value is -2.17. The molecule has 4 nitrogen and oxygen atoms in total. The molecule has 0 saturated heterocycles. The fourth-order valence-corrected chi connectivity index (χ4v) is 1.63. The highest BCUT2D eigenvalue weighted by Crippen LogP contribution is 2.17. The van der Waals surface area contributed by atoms with E-state index in [1.807, 2.05) is 17.8 Å². The highest BCUT2D eigenvalue weighted by molar-refractivity contribution is 5.79. The first kappa shape index (κ1) is 12.3. The van der Waals surface area contributed by atoms with E-state index in [0.29, 0.717) is 25.1 Å². The third-order valence-corrected chi connectivity index (χ3v) is 2.60. The number of aryl methyl sites for hydroxylation is 1. The minimum absolute atomic E-state index is 0.217. The van der Waals surface area contributed by atoms with Gasteiger partial charge in [-0.15, -0.1) is 0 Å². The summed E-state index contributed by atoms with van der Waals surface area (Å²) in [6.45, 7) is 0.386. The quantitative estimate of drug-likeness (QED) is 0.760. The summed E-state index contributed by atoms with van der Waals surface area (Å²) in [4.78, 5) is 14.9. The van der Waals surface area contributed by atoms with Crippen molar-refractivity contribution in [3.05, 3.63) is 47.8 Å². The number of imidazole rings is 1. The molecule has 0 fully saturated rings. The lowest BCUT2D eigenvalue weighted by Crippen LogP contribution is -2.07. The molecule has 2 rings (SSSR count). The summed E-state index contributed by atoms with van der Waals surface area (Å²) in [6, 6.07) is 3.88. The van der Waals surface area contributed by atoms with Gasteiger partial charge in [-0.3, -0.25) is 4.79 Å². The molecule has 18 heavy (non-hydrogen) atoms. The molecule has 0 radical (unpaired) electrons. The number of nitrogens with zero attached hydrogens (tertiary/aromatic N) is 2. The maximum Gasteiger partial charge on any atom is 0.153 e. The Kier molecular flexibility index (Phi) is 3.72. The van der Waals surface area contributed by atoms with Gasteiger partial charge in [-0.2, -0.15) is 0 Å². The van der Waals surface area contributed by atoms with Gasteiger partial charge in [0, 0.05) is 25.9 Å². The third kappa shape index (κ3) is 2.74. The first-order valence-corrected chi connectivity index (χ1v) is 5.54. The van der Waals surface area contributed by atoms with Crippen LogP contribution < -0.4 is 4.74 Å². The fourth-order valence-electron chi connectivity index (χ4n) is 1.63. The van der Waals surface area contributed by atoms with Crippen LogP contribution in [0.15, 0.2) is 30.6 Å². The van der Waals surface area contributed by atoms with E-state index in [9.17, 15) is 9.18 Å². The van der Waals surface area contributed by atoms with Gasteiger partial charge >= 0.3 is 0 Å². The summed E-state index contributed by atoms with van der Waals surface area (Å²) in [5.74, 6) is 0.832. The number of rotatable bonds is 5. The molecule has 0 N–H and O–H groups in total. The Balaban J connectivity index is 1.98. The molecule has 2 aromatic rings.